The van der Waals surface area contributed by atoms with Crippen molar-refractivity contribution in [2.45, 2.75) is 11.3 Å². The van der Waals surface area contributed by atoms with E-state index in [-0.39, 0.29) is 11.3 Å². The molecule has 0 aliphatic carbocycles. The lowest BCUT2D eigenvalue weighted by Gasteiger charge is -2.09. The topological polar surface area (TPSA) is 72.0 Å². The minimum Gasteiger partial charge on any atom is -0.369 e. The van der Waals surface area contributed by atoms with E-state index >= 15 is 0 Å². The predicted molar refractivity (Wildman–Crippen MR) is 91.1 cm³/mol. The number of rotatable bonds is 6. The fourth-order valence-electron chi connectivity index (χ4n) is 2.41. The predicted octanol–water partition coefficient (Wildman–Crippen LogP) is 3.04. The summed E-state index contributed by atoms with van der Waals surface area (Å²) in [5.41, 5.74) is 0.243. The number of sulfone groups is 1. The Morgan fingerprint density at radius 3 is 2.58 bits per heavy atom. The van der Waals surface area contributed by atoms with Gasteiger partial charge >= 0.3 is 0 Å². The van der Waals surface area contributed by atoms with Crippen molar-refractivity contribution in [3.63, 3.8) is 0 Å². The lowest BCUT2D eigenvalue weighted by Crippen LogP contribution is -2.12. The van der Waals surface area contributed by atoms with Crippen LogP contribution >= 0.6 is 0 Å². The molecule has 7 heteroatoms. The Morgan fingerprint density at radius 2 is 1.79 bits per heavy atom. The van der Waals surface area contributed by atoms with Crippen LogP contribution in [0.5, 0.6) is 0 Å². The van der Waals surface area contributed by atoms with E-state index in [0.717, 1.165) is 0 Å². The molecule has 0 aliphatic rings. The Bertz CT molecular complexity index is 946. The van der Waals surface area contributed by atoms with Gasteiger partial charge in [-0.1, -0.05) is 24.3 Å². The van der Waals surface area contributed by atoms with Crippen molar-refractivity contribution in [2.24, 2.45) is 0 Å². The zero-order chi connectivity index (χ0) is 17.0. The smallest absolute Gasteiger partial charge is 0.178 e. The molecule has 5 nitrogen and oxygen atoms in total. The molecule has 0 saturated carbocycles. The number of fused-ring (bicyclic) bond motifs is 1. The summed E-state index contributed by atoms with van der Waals surface area (Å²) in [7, 11) is -3.30. The van der Waals surface area contributed by atoms with Gasteiger partial charge in [-0.2, -0.15) is 0 Å². The summed E-state index contributed by atoms with van der Waals surface area (Å²) in [5, 5.41) is 3.63. The minimum absolute atomic E-state index is 0.0292. The normalized spacial score (nSPS) is 11.5. The molecule has 124 valence electrons. The standard InChI is InChI=1S/C17H16FN3O2S/c18-15-9-4-8-14-16(15)20-12-21-17(14)19-10-5-11-24(22,23)13-6-2-1-3-7-13/h1-4,6-9,12H,5,10-11H2,(H,19,20,21). The molecule has 0 unspecified atom stereocenters. The highest BCUT2D eigenvalue weighted by atomic mass is 32.2. The van der Waals surface area contributed by atoms with Crippen molar-refractivity contribution < 1.29 is 12.8 Å². The van der Waals surface area contributed by atoms with Crippen LogP contribution in [0.1, 0.15) is 6.42 Å². The molecule has 0 saturated heterocycles. The van der Waals surface area contributed by atoms with Crippen molar-refractivity contribution in [3.8, 4) is 0 Å². The minimum atomic E-state index is -3.30. The fourth-order valence-corrected chi connectivity index (χ4v) is 3.74. The highest BCUT2D eigenvalue weighted by Gasteiger charge is 2.13. The molecule has 1 heterocycles. The molecular formula is C17H16FN3O2S. The van der Waals surface area contributed by atoms with Crippen LogP contribution in [0.3, 0.4) is 0 Å². The second-order valence-electron chi connectivity index (χ2n) is 5.27. The lowest BCUT2D eigenvalue weighted by atomic mass is 10.2. The number of halogens is 1. The van der Waals surface area contributed by atoms with Gasteiger partial charge in [-0.25, -0.2) is 22.8 Å². The number of hydrogen-bond acceptors (Lipinski definition) is 5. The maximum absolute atomic E-state index is 13.7. The van der Waals surface area contributed by atoms with Crippen molar-refractivity contribution >= 4 is 26.6 Å². The van der Waals surface area contributed by atoms with Crippen molar-refractivity contribution in [2.75, 3.05) is 17.6 Å². The molecule has 1 aromatic heterocycles. The first-order valence-corrected chi connectivity index (χ1v) is 9.14. The molecule has 2 aromatic carbocycles. The van der Waals surface area contributed by atoms with E-state index in [9.17, 15) is 12.8 Å². The van der Waals surface area contributed by atoms with E-state index in [0.29, 0.717) is 29.1 Å². The van der Waals surface area contributed by atoms with E-state index in [2.05, 4.69) is 15.3 Å². The number of anilines is 1. The van der Waals surface area contributed by atoms with E-state index in [1.807, 2.05) is 0 Å². The molecule has 0 bridgehead atoms. The van der Waals surface area contributed by atoms with Gasteiger partial charge in [0.15, 0.2) is 9.84 Å². The highest BCUT2D eigenvalue weighted by molar-refractivity contribution is 7.91. The van der Waals surface area contributed by atoms with Crippen LogP contribution in [-0.2, 0) is 9.84 Å². The summed E-state index contributed by atoms with van der Waals surface area (Å²) in [4.78, 5) is 8.35. The molecule has 0 atom stereocenters. The molecule has 0 spiro atoms. The van der Waals surface area contributed by atoms with Crippen LogP contribution < -0.4 is 5.32 Å². The van der Waals surface area contributed by atoms with Gasteiger partial charge in [0.05, 0.1) is 10.6 Å². The van der Waals surface area contributed by atoms with Crippen LogP contribution in [0, 0.1) is 5.82 Å². The van der Waals surface area contributed by atoms with Crippen LogP contribution in [0.2, 0.25) is 0 Å². The molecule has 3 rings (SSSR count). The van der Waals surface area contributed by atoms with Gasteiger partial charge < -0.3 is 5.32 Å². The average molecular weight is 345 g/mol. The Hall–Kier alpha value is -2.54. The Balaban J connectivity index is 1.65. The number of para-hydroxylation sites is 1. The zero-order valence-corrected chi connectivity index (χ0v) is 13.6. The fraction of sp³-hybridized carbons (Fsp3) is 0.176. The van der Waals surface area contributed by atoms with Crippen LogP contribution in [0.25, 0.3) is 10.9 Å². The summed E-state index contributed by atoms with van der Waals surface area (Å²) < 4.78 is 38.1. The summed E-state index contributed by atoms with van der Waals surface area (Å²) in [6.07, 6.45) is 1.70. The van der Waals surface area contributed by atoms with Crippen molar-refractivity contribution in [1.82, 2.24) is 9.97 Å². The molecule has 0 fully saturated rings. The van der Waals surface area contributed by atoms with Gasteiger partial charge in [-0.05, 0) is 30.7 Å². The third-order valence-electron chi connectivity index (χ3n) is 3.60. The Kier molecular flexibility index (Phi) is 4.71. The lowest BCUT2D eigenvalue weighted by molar-refractivity contribution is 0.594. The monoisotopic (exact) mass is 345 g/mol. The van der Waals surface area contributed by atoms with E-state index in [4.69, 9.17) is 0 Å². The molecule has 1 N–H and O–H groups in total. The number of benzene rings is 2. The molecule has 24 heavy (non-hydrogen) atoms. The number of aromatic nitrogens is 2. The first-order chi connectivity index (χ1) is 11.6. The Labute approximate surface area is 139 Å². The van der Waals surface area contributed by atoms with Gasteiger partial charge in [0.25, 0.3) is 0 Å². The Morgan fingerprint density at radius 1 is 1.00 bits per heavy atom. The third-order valence-corrected chi connectivity index (χ3v) is 5.42. The third kappa shape index (κ3) is 3.51. The number of nitrogens with zero attached hydrogens (tertiary/aromatic N) is 2. The van der Waals surface area contributed by atoms with E-state index < -0.39 is 15.7 Å². The summed E-state index contributed by atoms with van der Waals surface area (Å²) in [6.45, 7) is 0.411. The zero-order valence-electron chi connectivity index (χ0n) is 12.8. The second kappa shape index (κ2) is 6.92. The summed E-state index contributed by atoms with van der Waals surface area (Å²) >= 11 is 0. The summed E-state index contributed by atoms with van der Waals surface area (Å²) in [6, 6.07) is 13.0. The van der Waals surface area contributed by atoms with Gasteiger partial charge in [-0.15, -0.1) is 0 Å². The largest absolute Gasteiger partial charge is 0.369 e. The quantitative estimate of drug-likeness (QED) is 0.695. The summed E-state index contributed by atoms with van der Waals surface area (Å²) in [5.74, 6) is 0.114. The molecule has 3 aromatic rings. The SMILES string of the molecule is O=S(=O)(CCCNc1ncnc2c(F)cccc12)c1ccccc1. The number of hydrogen-bond donors (Lipinski definition) is 1. The van der Waals surface area contributed by atoms with Gasteiger partial charge in [0.2, 0.25) is 0 Å². The van der Waals surface area contributed by atoms with Crippen LogP contribution in [0.15, 0.2) is 59.8 Å². The van der Waals surface area contributed by atoms with Gasteiger partial charge in [0.1, 0.15) is 23.5 Å². The second-order valence-corrected chi connectivity index (χ2v) is 7.38. The maximum Gasteiger partial charge on any atom is 0.178 e. The maximum atomic E-state index is 13.7. The number of nitrogens with one attached hydrogen (secondary N) is 1. The molecule has 0 amide bonds. The highest BCUT2D eigenvalue weighted by Crippen LogP contribution is 2.21. The first kappa shape index (κ1) is 16.3. The van der Waals surface area contributed by atoms with Crippen LogP contribution in [-0.4, -0.2) is 30.7 Å². The van der Waals surface area contributed by atoms with Crippen molar-refractivity contribution in [3.05, 3.63) is 60.7 Å². The van der Waals surface area contributed by atoms with Crippen molar-refractivity contribution in [1.29, 1.82) is 0 Å². The average Bonchev–Trinajstić information content (AvgIpc) is 2.60. The molecular weight excluding hydrogens is 329 g/mol. The molecule has 0 aliphatic heterocycles. The van der Waals surface area contributed by atoms with Crippen LogP contribution in [0.4, 0.5) is 10.2 Å². The van der Waals surface area contributed by atoms with Gasteiger partial charge in [-0.3, -0.25) is 0 Å². The van der Waals surface area contributed by atoms with E-state index in [1.165, 1.54) is 12.4 Å². The van der Waals surface area contributed by atoms with Gasteiger partial charge in [0, 0.05) is 11.9 Å². The van der Waals surface area contributed by atoms with E-state index in [1.54, 1.807) is 42.5 Å². The molecule has 0 radical (unpaired) electrons. The first-order valence-electron chi connectivity index (χ1n) is 7.49.